The molecule has 26 heavy (non-hydrogen) atoms. The number of nitrogens with one attached hydrogen (secondary N) is 1. The van der Waals surface area contributed by atoms with E-state index in [1.54, 1.807) is 39.3 Å². The predicted octanol–water partition coefficient (Wildman–Crippen LogP) is 2.65. The van der Waals surface area contributed by atoms with Crippen molar-refractivity contribution in [1.82, 2.24) is 5.32 Å². The largest absolute Gasteiger partial charge is 0.493 e. The van der Waals surface area contributed by atoms with E-state index in [2.05, 4.69) is 5.32 Å². The number of rotatable bonds is 9. The van der Waals surface area contributed by atoms with E-state index in [4.69, 9.17) is 18.6 Å². The van der Waals surface area contributed by atoms with Crippen LogP contribution in [0, 0.1) is 0 Å². The van der Waals surface area contributed by atoms with E-state index in [-0.39, 0.29) is 25.0 Å². The van der Waals surface area contributed by atoms with Crippen LogP contribution < -0.4 is 14.8 Å². The minimum absolute atomic E-state index is 0.163. The molecule has 0 saturated carbocycles. The molecule has 0 radical (unpaired) electrons. The minimum Gasteiger partial charge on any atom is -0.493 e. The summed E-state index contributed by atoms with van der Waals surface area (Å²) in [6.07, 6.45) is 2.17. The van der Waals surface area contributed by atoms with E-state index in [0.717, 1.165) is 5.56 Å². The van der Waals surface area contributed by atoms with Gasteiger partial charge in [0.2, 0.25) is 0 Å². The van der Waals surface area contributed by atoms with Crippen LogP contribution >= 0.6 is 0 Å². The number of hydrogen-bond donors (Lipinski definition) is 1. The Morgan fingerprint density at radius 1 is 1.15 bits per heavy atom. The fraction of sp³-hybridized carbons (Fsp3) is 0.368. The van der Waals surface area contributed by atoms with Crippen LogP contribution in [0.5, 0.6) is 11.5 Å². The Bertz CT molecular complexity index is 726. The molecule has 0 fully saturated rings. The molecule has 0 saturated heterocycles. The van der Waals surface area contributed by atoms with Gasteiger partial charge in [0.15, 0.2) is 18.1 Å². The number of carbonyl (C=O) groups is 2. The summed E-state index contributed by atoms with van der Waals surface area (Å²) in [6, 6.07) is 8.66. The first-order chi connectivity index (χ1) is 12.5. The molecule has 1 N–H and O–H groups in total. The van der Waals surface area contributed by atoms with Crippen LogP contribution in [0.1, 0.15) is 30.7 Å². The van der Waals surface area contributed by atoms with Crippen LogP contribution in [-0.4, -0.2) is 32.7 Å². The van der Waals surface area contributed by atoms with Gasteiger partial charge in [-0.25, -0.2) is 0 Å². The van der Waals surface area contributed by atoms with Gasteiger partial charge in [-0.1, -0.05) is 6.07 Å². The summed E-state index contributed by atoms with van der Waals surface area (Å²) < 4.78 is 20.6. The number of aryl methyl sites for hydroxylation is 1. The second-order valence-electron chi connectivity index (χ2n) is 5.65. The fourth-order valence-electron chi connectivity index (χ4n) is 2.39. The van der Waals surface area contributed by atoms with Crippen molar-refractivity contribution in [2.24, 2.45) is 0 Å². The summed E-state index contributed by atoms with van der Waals surface area (Å²) in [7, 11) is 3.12. The molecule has 0 aliphatic heterocycles. The molecular formula is C19H23NO6. The Morgan fingerprint density at radius 2 is 1.92 bits per heavy atom. The van der Waals surface area contributed by atoms with Crippen LogP contribution in [0.25, 0.3) is 0 Å². The first kappa shape index (κ1) is 19.4. The maximum atomic E-state index is 11.8. The molecule has 7 heteroatoms. The molecule has 1 heterocycles. The molecule has 1 atom stereocenters. The van der Waals surface area contributed by atoms with Gasteiger partial charge < -0.3 is 23.9 Å². The topological polar surface area (TPSA) is 87.0 Å². The zero-order valence-electron chi connectivity index (χ0n) is 15.1. The van der Waals surface area contributed by atoms with Crippen molar-refractivity contribution >= 4 is 11.9 Å². The van der Waals surface area contributed by atoms with Gasteiger partial charge in [0.25, 0.3) is 5.91 Å². The summed E-state index contributed by atoms with van der Waals surface area (Å²) >= 11 is 0. The lowest BCUT2D eigenvalue weighted by Gasteiger charge is -2.12. The second-order valence-corrected chi connectivity index (χ2v) is 5.65. The third-order valence-electron chi connectivity index (χ3n) is 3.78. The standard InChI is InChI=1S/C19H23NO6/c1-13(15-5-4-10-25-15)20-18(21)12-26-19(22)9-7-14-6-8-16(23-2)17(11-14)24-3/h4-6,8,10-11,13H,7,9,12H2,1-3H3,(H,20,21)/t13-/m0/s1. The molecule has 0 spiro atoms. The lowest BCUT2D eigenvalue weighted by molar-refractivity contribution is -0.148. The van der Waals surface area contributed by atoms with Gasteiger partial charge in [0.1, 0.15) is 5.76 Å². The second kappa shape index (κ2) is 9.50. The van der Waals surface area contributed by atoms with Crippen LogP contribution in [0.2, 0.25) is 0 Å². The molecule has 1 aromatic heterocycles. The number of benzene rings is 1. The number of methoxy groups -OCH3 is 2. The van der Waals surface area contributed by atoms with E-state index in [9.17, 15) is 9.59 Å². The maximum Gasteiger partial charge on any atom is 0.306 e. The summed E-state index contributed by atoms with van der Waals surface area (Å²) in [4.78, 5) is 23.7. The average Bonchev–Trinajstić information content (AvgIpc) is 3.19. The molecule has 1 amide bonds. The highest BCUT2D eigenvalue weighted by Crippen LogP contribution is 2.27. The van der Waals surface area contributed by atoms with Gasteiger partial charge in [0.05, 0.1) is 26.5 Å². The lowest BCUT2D eigenvalue weighted by Crippen LogP contribution is -2.31. The van der Waals surface area contributed by atoms with Gasteiger partial charge in [-0.05, 0) is 43.2 Å². The van der Waals surface area contributed by atoms with Gasteiger partial charge in [-0.15, -0.1) is 0 Å². The van der Waals surface area contributed by atoms with Crippen molar-refractivity contribution in [3.05, 3.63) is 47.9 Å². The minimum atomic E-state index is -0.444. The highest BCUT2D eigenvalue weighted by molar-refractivity contribution is 5.80. The smallest absolute Gasteiger partial charge is 0.306 e. The van der Waals surface area contributed by atoms with Gasteiger partial charge in [-0.2, -0.15) is 0 Å². The Labute approximate surface area is 152 Å². The van der Waals surface area contributed by atoms with Crippen LogP contribution in [0.4, 0.5) is 0 Å². The van der Waals surface area contributed by atoms with Crippen molar-refractivity contribution < 1.29 is 28.2 Å². The van der Waals surface area contributed by atoms with E-state index >= 15 is 0 Å². The number of carbonyl (C=O) groups excluding carboxylic acids is 2. The van der Waals surface area contributed by atoms with Gasteiger partial charge >= 0.3 is 5.97 Å². The maximum absolute atomic E-state index is 11.8. The van der Waals surface area contributed by atoms with Crippen LogP contribution in [0.3, 0.4) is 0 Å². The zero-order chi connectivity index (χ0) is 18.9. The SMILES string of the molecule is COc1ccc(CCC(=O)OCC(=O)N[C@@H](C)c2ccco2)cc1OC. The number of furan rings is 1. The molecule has 0 aliphatic rings. The molecule has 0 bridgehead atoms. The molecule has 7 nitrogen and oxygen atoms in total. The third kappa shape index (κ3) is 5.54. The molecule has 0 aliphatic carbocycles. The average molecular weight is 361 g/mol. The Morgan fingerprint density at radius 3 is 2.58 bits per heavy atom. The van der Waals surface area contributed by atoms with Crippen molar-refractivity contribution in [2.75, 3.05) is 20.8 Å². The van der Waals surface area contributed by atoms with E-state index in [1.807, 2.05) is 12.1 Å². The monoisotopic (exact) mass is 361 g/mol. The zero-order valence-corrected chi connectivity index (χ0v) is 15.1. The Kier molecular flexibility index (Phi) is 7.08. The molecule has 2 aromatic rings. The lowest BCUT2D eigenvalue weighted by atomic mass is 10.1. The quantitative estimate of drug-likeness (QED) is 0.691. The van der Waals surface area contributed by atoms with Crippen LogP contribution in [-0.2, 0) is 20.7 Å². The summed E-state index contributed by atoms with van der Waals surface area (Å²) in [6.45, 7) is 1.46. The molecule has 2 rings (SSSR count). The first-order valence-electron chi connectivity index (χ1n) is 8.22. The number of hydrogen-bond acceptors (Lipinski definition) is 6. The highest BCUT2D eigenvalue weighted by Gasteiger charge is 2.14. The van der Waals surface area contributed by atoms with Gasteiger partial charge in [0, 0.05) is 6.42 Å². The predicted molar refractivity (Wildman–Crippen MR) is 94.1 cm³/mol. The molecule has 1 aromatic carbocycles. The summed E-state index contributed by atoms with van der Waals surface area (Å²) in [5, 5.41) is 2.70. The van der Waals surface area contributed by atoms with E-state index in [1.165, 1.54) is 6.26 Å². The summed E-state index contributed by atoms with van der Waals surface area (Å²) in [5.74, 6) is 1.04. The van der Waals surface area contributed by atoms with Crippen LogP contribution in [0.15, 0.2) is 41.0 Å². The molecule has 0 unspecified atom stereocenters. The van der Waals surface area contributed by atoms with Crippen molar-refractivity contribution in [3.8, 4) is 11.5 Å². The van der Waals surface area contributed by atoms with Crippen molar-refractivity contribution in [1.29, 1.82) is 0 Å². The number of esters is 1. The molecule has 140 valence electrons. The Balaban J connectivity index is 1.74. The molecular weight excluding hydrogens is 338 g/mol. The van der Waals surface area contributed by atoms with Crippen molar-refractivity contribution in [2.45, 2.75) is 25.8 Å². The number of amides is 1. The normalized spacial score (nSPS) is 11.5. The van der Waals surface area contributed by atoms with E-state index < -0.39 is 5.97 Å². The Hall–Kier alpha value is -2.96. The van der Waals surface area contributed by atoms with E-state index in [0.29, 0.717) is 23.7 Å². The number of ether oxygens (including phenoxy) is 3. The van der Waals surface area contributed by atoms with Gasteiger partial charge in [-0.3, -0.25) is 9.59 Å². The highest BCUT2D eigenvalue weighted by atomic mass is 16.5. The fourth-order valence-corrected chi connectivity index (χ4v) is 2.39. The summed E-state index contributed by atoms with van der Waals surface area (Å²) in [5.41, 5.74) is 0.912. The first-order valence-corrected chi connectivity index (χ1v) is 8.22. The van der Waals surface area contributed by atoms with Crippen molar-refractivity contribution in [3.63, 3.8) is 0 Å². The third-order valence-corrected chi connectivity index (χ3v) is 3.78.